The van der Waals surface area contributed by atoms with Gasteiger partial charge in [-0.15, -0.1) is 11.1 Å². The Kier molecular flexibility index (Phi) is 9.99. The molecule has 2 N–H and O–H groups in total. The Morgan fingerprint density at radius 1 is 0.846 bits per heavy atom. The van der Waals surface area contributed by atoms with Crippen molar-refractivity contribution in [3.05, 3.63) is 70.6 Å². The molecule has 3 nitrogen and oxygen atoms in total. The second kappa shape index (κ2) is 10.9. The number of aromatic amines is 2. The first-order valence-electron chi connectivity index (χ1n) is 7.62. The number of rotatable bonds is 2. The Hall–Kier alpha value is -0.252. The molecular weight excluding hydrogens is 494 g/mol. The van der Waals surface area contributed by atoms with Crippen molar-refractivity contribution in [3.63, 3.8) is 0 Å². The molecule has 4 rings (SSSR count). The van der Waals surface area contributed by atoms with Crippen LogP contribution < -0.4 is 0 Å². The fourth-order valence-electron chi connectivity index (χ4n) is 2.17. The quantitative estimate of drug-likeness (QED) is 0.345. The van der Waals surface area contributed by atoms with Gasteiger partial charge in [-0.3, -0.25) is 0 Å². The normalized spacial score (nSPS) is 9.69. The van der Waals surface area contributed by atoms with E-state index in [0.717, 1.165) is 27.5 Å². The van der Waals surface area contributed by atoms with Gasteiger partial charge in [0, 0.05) is 65.4 Å². The first kappa shape index (κ1) is 23.8. The number of hydrogen-bond acceptors (Lipinski definition) is 2. The van der Waals surface area contributed by atoms with Crippen LogP contribution in [-0.4, -0.2) is 9.97 Å². The summed E-state index contributed by atoms with van der Waals surface area (Å²) in [4.78, 5) is 7.57. The first-order chi connectivity index (χ1) is 11.5. The molecule has 130 valence electrons. The van der Waals surface area contributed by atoms with Crippen molar-refractivity contribution in [1.29, 1.82) is 0 Å². The minimum Gasteiger partial charge on any atom is -0.602 e. The van der Waals surface area contributed by atoms with Crippen molar-refractivity contribution in [3.8, 4) is 22.0 Å². The number of aryl methyl sites for hydroxylation is 4. The largest absolute Gasteiger partial charge is 0.602 e. The molecule has 0 spiro atoms. The van der Waals surface area contributed by atoms with Crippen molar-refractivity contribution in [1.82, 2.24) is 9.97 Å². The van der Waals surface area contributed by atoms with Crippen LogP contribution in [0.4, 0.5) is 0 Å². The molecule has 0 fully saturated rings. The van der Waals surface area contributed by atoms with Gasteiger partial charge in [-0.1, -0.05) is 44.8 Å². The second-order valence-electron chi connectivity index (χ2n) is 5.54. The summed E-state index contributed by atoms with van der Waals surface area (Å²) in [6.07, 6.45) is 1.61. The van der Waals surface area contributed by atoms with E-state index in [1.165, 1.54) is 11.3 Å². The van der Waals surface area contributed by atoms with E-state index in [2.05, 4.69) is 48.1 Å². The number of furan rings is 1. The number of thiophene rings is 1. The third-order valence-electron chi connectivity index (χ3n) is 3.77. The Balaban J connectivity index is 0.000000241. The van der Waals surface area contributed by atoms with Crippen molar-refractivity contribution in [2.24, 2.45) is 0 Å². The van der Waals surface area contributed by atoms with Gasteiger partial charge in [-0.25, -0.2) is 24.3 Å². The van der Waals surface area contributed by atoms with Crippen molar-refractivity contribution < 1.29 is 69.8 Å². The van der Waals surface area contributed by atoms with Crippen LogP contribution in [0.5, 0.6) is 0 Å². The van der Waals surface area contributed by atoms with Gasteiger partial charge in [-0.05, 0) is 6.26 Å². The summed E-state index contributed by atoms with van der Waals surface area (Å²) in [5.41, 5.74) is 6.54. The average molecular weight is 512 g/mol. The van der Waals surface area contributed by atoms with Gasteiger partial charge < -0.3 is 25.7 Å². The Bertz CT molecular complexity index is 791. The van der Waals surface area contributed by atoms with E-state index >= 15 is 0 Å². The third-order valence-corrected chi connectivity index (χ3v) is 4.60. The zero-order valence-corrected chi connectivity index (χ0v) is 21.8. The van der Waals surface area contributed by atoms with Crippen molar-refractivity contribution in [2.45, 2.75) is 27.7 Å². The maximum absolute atomic E-state index is 5.17. The average Bonchev–Trinajstić information content (AvgIpc) is 3.32. The number of nitrogens with one attached hydrogen (secondary N) is 2. The van der Waals surface area contributed by atoms with Gasteiger partial charge in [0.25, 0.3) is 0 Å². The summed E-state index contributed by atoms with van der Waals surface area (Å²) in [5, 5.41) is 2.02. The van der Waals surface area contributed by atoms with E-state index in [-0.39, 0.29) is 65.4 Å². The summed E-state index contributed by atoms with van der Waals surface area (Å²) < 4.78 is 5.17. The predicted octanol–water partition coefficient (Wildman–Crippen LogP) is 5.45. The predicted molar refractivity (Wildman–Crippen MR) is 96.9 cm³/mol. The van der Waals surface area contributed by atoms with E-state index in [4.69, 9.17) is 4.42 Å². The molecule has 4 aromatic heterocycles. The van der Waals surface area contributed by atoms with E-state index < -0.39 is 0 Å². The molecule has 4 aromatic rings. The Labute approximate surface area is 209 Å². The van der Waals surface area contributed by atoms with Gasteiger partial charge in [0.2, 0.25) is 0 Å². The summed E-state index contributed by atoms with van der Waals surface area (Å²) in [6, 6.07) is 16.2. The maximum Gasteiger partial charge on any atom is 0 e. The SMILES string of the molecule is Cc1[c-]c(-c2[c-]cco2)[nH]c1C.Cc1[c-]c(-c2[c-]ccs2)[nH]c1C.[Y].[Y]. The van der Waals surface area contributed by atoms with Gasteiger partial charge >= 0.3 is 0 Å². The molecule has 0 saturated heterocycles. The van der Waals surface area contributed by atoms with Crippen LogP contribution in [0.1, 0.15) is 22.5 Å². The molecule has 0 bridgehead atoms. The van der Waals surface area contributed by atoms with Crippen LogP contribution in [0.15, 0.2) is 28.2 Å². The van der Waals surface area contributed by atoms with Crippen molar-refractivity contribution in [2.75, 3.05) is 0 Å². The molecular formula is C20H18N2OSY2-4. The van der Waals surface area contributed by atoms with E-state index in [9.17, 15) is 0 Å². The number of H-pyrrole nitrogens is 2. The van der Waals surface area contributed by atoms with Gasteiger partial charge in [0.1, 0.15) is 0 Å². The van der Waals surface area contributed by atoms with E-state index in [1.54, 1.807) is 23.7 Å². The molecule has 0 saturated carbocycles. The molecule has 0 aromatic carbocycles. The van der Waals surface area contributed by atoms with Crippen LogP contribution >= 0.6 is 11.3 Å². The summed E-state index contributed by atoms with van der Waals surface area (Å²) in [7, 11) is 0. The van der Waals surface area contributed by atoms with Crippen LogP contribution in [0.25, 0.3) is 22.0 Å². The maximum atomic E-state index is 5.17. The van der Waals surface area contributed by atoms with Gasteiger partial charge in [0.15, 0.2) is 0 Å². The summed E-state index contributed by atoms with van der Waals surface area (Å²) in [5.74, 6) is 0.714. The molecule has 4 heterocycles. The fraction of sp³-hybridized carbons (Fsp3) is 0.200. The topological polar surface area (TPSA) is 44.7 Å². The Morgan fingerprint density at radius 2 is 1.46 bits per heavy atom. The molecule has 26 heavy (non-hydrogen) atoms. The van der Waals surface area contributed by atoms with E-state index in [1.807, 2.05) is 25.3 Å². The smallest absolute Gasteiger partial charge is 0 e. The summed E-state index contributed by atoms with van der Waals surface area (Å²) in [6.45, 7) is 8.14. The monoisotopic (exact) mass is 512 g/mol. The van der Waals surface area contributed by atoms with Crippen LogP contribution in [0.3, 0.4) is 0 Å². The molecule has 0 aliphatic rings. The third kappa shape index (κ3) is 5.87. The number of hydrogen-bond donors (Lipinski definition) is 2. The van der Waals surface area contributed by atoms with Gasteiger partial charge in [0.05, 0.1) is 0 Å². The number of aromatic nitrogens is 2. The second-order valence-corrected chi connectivity index (χ2v) is 6.45. The molecule has 2 radical (unpaired) electrons. The van der Waals surface area contributed by atoms with Crippen LogP contribution in [-0.2, 0) is 65.4 Å². The molecule has 0 aliphatic heterocycles. The van der Waals surface area contributed by atoms with Crippen LogP contribution in [0, 0.1) is 52.0 Å². The van der Waals surface area contributed by atoms with Crippen molar-refractivity contribution >= 4 is 11.3 Å². The standard InChI is InChI=1S/C10H9NO.C10H9NS.2Y/c2*1-7-6-9(11-8(7)2)10-4-3-5-12-10;;/h2*3,5,11H,1-2H3;;/q2*-2;;. The minimum atomic E-state index is 0. The fourth-order valence-corrected chi connectivity index (χ4v) is 2.80. The Morgan fingerprint density at radius 3 is 1.88 bits per heavy atom. The molecule has 0 atom stereocenters. The minimum absolute atomic E-state index is 0. The zero-order chi connectivity index (χ0) is 17.1. The van der Waals surface area contributed by atoms with Crippen LogP contribution in [0.2, 0.25) is 0 Å². The van der Waals surface area contributed by atoms with E-state index in [0.29, 0.717) is 5.76 Å². The molecule has 6 heteroatoms. The zero-order valence-electron chi connectivity index (χ0n) is 15.3. The molecule has 0 unspecified atom stereocenters. The van der Waals surface area contributed by atoms with Gasteiger partial charge in [-0.2, -0.15) is 33.8 Å². The summed E-state index contributed by atoms with van der Waals surface area (Å²) >= 11 is 1.68. The molecule has 0 aliphatic carbocycles. The molecule has 0 amide bonds. The first-order valence-corrected chi connectivity index (χ1v) is 8.50.